The molecule has 2 N–H and O–H groups in total. The zero-order valence-electron chi connectivity index (χ0n) is 19.3. The number of carbonyl (C=O) groups is 1. The maximum atomic E-state index is 12.0. The molecule has 1 aliphatic heterocycles. The number of benzene rings is 1. The van der Waals surface area contributed by atoms with E-state index in [-0.39, 0.29) is 11.5 Å². The Morgan fingerprint density at radius 1 is 1.23 bits per heavy atom. The second-order valence-electron chi connectivity index (χ2n) is 9.54. The molecule has 1 fully saturated rings. The van der Waals surface area contributed by atoms with Crippen LogP contribution in [-0.2, 0) is 25.1 Å². The van der Waals surface area contributed by atoms with Gasteiger partial charge in [-0.3, -0.25) is 4.79 Å². The van der Waals surface area contributed by atoms with Crippen molar-refractivity contribution in [2.45, 2.75) is 89.4 Å². The monoisotopic (exact) mass is 440 g/mol. The van der Waals surface area contributed by atoms with Crippen LogP contribution in [-0.4, -0.2) is 61.8 Å². The number of para-hydroxylation sites is 1. The molecule has 0 unspecified atom stereocenters. The van der Waals surface area contributed by atoms with Crippen LogP contribution >= 0.6 is 0 Å². The van der Waals surface area contributed by atoms with Crippen LogP contribution in [0.3, 0.4) is 0 Å². The van der Waals surface area contributed by atoms with Gasteiger partial charge in [0.05, 0.1) is 13.2 Å². The quantitative estimate of drug-likeness (QED) is 0.519. The zero-order valence-corrected chi connectivity index (χ0v) is 20.3. The minimum Gasteiger partial charge on any atom is -0.496 e. The summed E-state index contributed by atoms with van der Waals surface area (Å²) in [4.78, 5) is 11.8. The van der Waals surface area contributed by atoms with Crippen molar-refractivity contribution in [1.29, 1.82) is 0 Å². The predicted molar refractivity (Wildman–Crippen MR) is 116 cm³/mol. The Balaban J connectivity index is 2.56. The van der Waals surface area contributed by atoms with Gasteiger partial charge < -0.3 is 28.8 Å². The number of rotatable bonds is 6. The normalized spacial score (nSPS) is 30.1. The summed E-state index contributed by atoms with van der Waals surface area (Å²) >= 11 is 0. The van der Waals surface area contributed by atoms with Gasteiger partial charge in [-0.15, -0.1) is 0 Å². The van der Waals surface area contributed by atoms with Crippen LogP contribution in [0.4, 0.5) is 0 Å². The van der Waals surface area contributed by atoms with Crippen molar-refractivity contribution in [2.75, 3.05) is 7.11 Å². The lowest BCUT2D eigenvalue weighted by molar-refractivity contribution is -0.312. The molecule has 1 aromatic rings. The molecular formula is C22H36O7Si. The minimum absolute atomic E-state index is 0.0546. The highest BCUT2D eigenvalue weighted by Crippen LogP contribution is 2.43. The molecule has 0 aliphatic carbocycles. The summed E-state index contributed by atoms with van der Waals surface area (Å²) in [5, 5.41) is 22.6. The molecule has 1 aliphatic rings. The third kappa shape index (κ3) is 5.05. The van der Waals surface area contributed by atoms with Crippen molar-refractivity contribution in [3.05, 3.63) is 29.8 Å². The number of methoxy groups -OCH3 is 1. The third-order valence-corrected chi connectivity index (χ3v) is 10.7. The van der Waals surface area contributed by atoms with E-state index >= 15 is 0 Å². The zero-order chi connectivity index (χ0) is 22.9. The van der Waals surface area contributed by atoms with Gasteiger partial charge in [-0.1, -0.05) is 39.0 Å². The molecule has 0 aromatic heterocycles. The van der Waals surface area contributed by atoms with E-state index in [1.54, 1.807) is 20.1 Å². The van der Waals surface area contributed by atoms with E-state index in [1.807, 2.05) is 31.3 Å². The summed E-state index contributed by atoms with van der Waals surface area (Å²) in [6.45, 7) is 13.2. The first-order valence-corrected chi connectivity index (χ1v) is 13.2. The Bertz CT molecular complexity index is 745. The van der Waals surface area contributed by atoms with Gasteiger partial charge in [0.25, 0.3) is 0 Å². The smallest absolute Gasteiger partial charge is 0.303 e. The van der Waals surface area contributed by atoms with Gasteiger partial charge in [-0.2, -0.15) is 0 Å². The summed E-state index contributed by atoms with van der Waals surface area (Å²) in [5.74, 6) is 0.0450. The maximum Gasteiger partial charge on any atom is 0.303 e. The maximum absolute atomic E-state index is 12.0. The number of aliphatic hydroxyl groups is 2. The molecule has 8 heteroatoms. The molecule has 0 bridgehead atoms. The van der Waals surface area contributed by atoms with Crippen LogP contribution in [0.5, 0.6) is 5.75 Å². The Morgan fingerprint density at radius 2 is 1.83 bits per heavy atom. The number of hydrogen-bond acceptors (Lipinski definition) is 7. The molecule has 30 heavy (non-hydrogen) atoms. The van der Waals surface area contributed by atoms with Crippen LogP contribution in [0.1, 0.15) is 40.2 Å². The molecule has 1 aromatic carbocycles. The molecule has 1 heterocycles. The van der Waals surface area contributed by atoms with E-state index < -0.39 is 44.5 Å². The molecule has 0 radical (unpaired) electrons. The lowest BCUT2D eigenvalue weighted by atomic mass is 9.79. The average molecular weight is 441 g/mol. The van der Waals surface area contributed by atoms with Crippen molar-refractivity contribution in [1.82, 2.24) is 0 Å². The summed E-state index contributed by atoms with van der Waals surface area (Å²) in [6, 6.07) is 7.30. The van der Waals surface area contributed by atoms with Crippen molar-refractivity contribution >= 4 is 14.3 Å². The highest BCUT2D eigenvalue weighted by Gasteiger charge is 2.59. The van der Waals surface area contributed by atoms with E-state index in [0.29, 0.717) is 11.3 Å². The largest absolute Gasteiger partial charge is 0.496 e. The fourth-order valence-corrected chi connectivity index (χ4v) is 4.87. The number of aliphatic hydroxyl groups excluding tert-OH is 1. The predicted octanol–water partition coefficient (Wildman–Crippen LogP) is 3.03. The number of hydrogen-bond donors (Lipinski definition) is 2. The summed E-state index contributed by atoms with van der Waals surface area (Å²) < 4.78 is 23.1. The fourth-order valence-electron chi connectivity index (χ4n) is 3.56. The number of carbonyl (C=O) groups excluding carboxylic acids is 1. The molecule has 2 rings (SSSR count). The average Bonchev–Trinajstić information content (AvgIpc) is 2.62. The standard InChI is InChI=1S/C22H36O7Si/c1-14-18(28-15(2)23)22(25,13-16-11-9-10-12-17(16)26-6)19(20(24)27-14)29-30(7,8)21(3,4)5/h9-12,14,18-20,24-25H,13H2,1-8H3/t14-,18+,19+,20+,22+/m1/s1. The van der Waals surface area contributed by atoms with E-state index in [9.17, 15) is 15.0 Å². The first-order chi connectivity index (χ1) is 13.7. The van der Waals surface area contributed by atoms with Crippen LogP contribution in [0, 0.1) is 0 Å². The first-order valence-electron chi connectivity index (χ1n) is 10.3. The summed E-state index contributed by atoms with van der Waals surface area (Å²) in [7, 11) is -0.872. The number of ether oxygens (including phenoxy) is 3. The fraction of sp³-hybridized carbons (Fsp3) is 0.682. The molecule has 0 saturated carbocycles. The lowest BCUT2D eigenvalue weighted by Gasteiger charge is -2.52. The second kappa shape index (κ2) is 8.96. The summed E-state index contributed by atoms with van der Waals surface area (Å²) in [6.07, 6.45) is -4.19. The van der Waals surface area contributed by atoms with Gasteiger partial charge in [-0.05, 0) is 36.7 Å². The molecule has 0 spiro atoms. The Hall–Kier alpha value is -1.45. The van der Waals surface area contributed by atoms with Gasteiger partial charge in [0.2, 0.25) is 0 Å². The molecular weight excluding hydrogens is 404 g/mol. The number of esters is 1. The van der Waals surface area contributed by atoms with Crippen molar-refractivity contribution in [3.63, 3.8) is 0 Å². The van der Waals surface area contributed by atoms with Crippen LogP contribution < -0.4 is 4.74 Å². The molecule has 7 nitrogen and oxygen atoms in total. The Labute approximate surface area is 180 Å². The van der Waals surface area contributed by atoms with Gasteiger partial charge in [0.15, 0.2) is 20.7 Å². The molecule has 0 amide bonds. The Kier molecular flexibility index (Phi) is 7.41. The first kappa shape index (κ1) is 24.8. The van der Waals surface area contributed by atoms with Gasteiger partial charge in [0.1, 0.15) is 17.5 Å². The van der Waals surface area contributed by atoms with Crippen molar-refractivity contribution in [3.8, 4) is 5.75 Å². The third-order valence-electron chi connectivity index (χ3n) is 6.21. The van der Waals surface area contributed by atoms with Crippen LogP contribution in [0.2, 0.25) is 18.1 Å². The topological polar surface area (TPSA) is 94.5 Å². The molecule has 5 atom stereocenters. The molecule has 170 valence electrons. The SMILES string of the molecule is COc1ccccc1C[C@]1(O)[C@@H](OC(C)=O)[C@@H](C)O[C@H](O)[C@@H]1O[Si](C)(C)C(C)(C)C. The minimum atomic E-state index is -2.43. The summed E-state index contributed by atoms with van der Waals surface area (Å²) in [5.41, 5.74) is -1.02. The van der Waals surface area contributed by atoms with Crippen molar-refractivity contribution in [2.24, 2.45) is 0 Å². The van der Waals surface area contributed by atoms with E-state index in [1.165, 1.54) is 6.92 Å². The lowest BCUT2D eigenvalue weighted by Crippen LogP contribution is -2.70. The van der Waals surface area contributed by atoms with E-state index in [0.717, 1.165) is 0 Å². The van der Waals surface area contributed by atoms with E-state index in [2.05, 4.69) is 20.8 Å². The van der Waals surface area contributed by atoms with Crippen LogP contribution in [0.25, 0.3) is 0 Å². The van der Waals surface area contributed by atoms with Crippen molar-refractivity contribution < 1.29 is 33.6 Å². The van der Waals surface area contributed by atoms with Gasteiger partial charge >= 0.3 is 5.97 Å². The molecule has 1 saturated heterocycles. The second-order valence-corrected chi connectivity index (χ2v) is 14.3. The van der Waals surface area contributed by atoms with E-state index in [4.69, 9.17) is 18.6 Å². The Morgan fingerprint density at radius 3 is 2.37 bits per heavy atom. The highest BCUT2D eigenvalue weighted by molar-refractivity contribution is 6.74. The van der Waals surface area contributed by atoms with Crippen LogP contribution in [0.15, 0.2) is 24.3 Å². The van der Waals surface area contributed by atoms with Gasteiger partial charge in [-0.25, -0.2) is 0 Å². The highest BCUT2D eigenvalue weighted by atomic mass is 28.4. The van der Waals surface area contributed by atoms with Gasteiger partial charge in [0, 0.05) is 13.3 Å².